The van der Waals surface area contributed by atoms with E-state index >= 15 is 0 Å². The first-order valence-electron chi connectivity index (χ1n) is 9.34. The van der Waals surface area contributed by atoms with Crippen LogP contribution < -0.4 is 10.3 Å². The van der Waals surface area contributed by atoms with Gasteiger partial charge in [0.25, 0.3) is 5.56 Å². The Morgan fingerprint density at radius 2 is 1.97 bits per heavy atom. The van der Waals surface area contributed by atoms with Crippen LogP contribution in [0.2, 0.25) is 0 Å². The summed E-state index contributed by atoms with van der Waals surface area (Å²) in [6.07, 6.45) is 0.684. The summed E-state index contributed by atoms with van der Waals surface area (Å²) >= 11 is 1.27. The molecule has 0 atom stereocenters. The average Bonchev–Trinajstić information content (AvgIpc) is 2.74. The SMILES string of the molecule is COCCCn1c(SCC(=O)c2cc(C)ccc2OC)nc2ccccc2c1=O. The molecule has 1 aromatic heterocycles. The molecular weight excluding hydrogens is 388 g/mol. The van der Waals surface area contributed by atoms with E-state index in [9.17, 15) is 9.59 Å². The van der Waals surface area contributed by atoms with Gasteiger partial charge in [0.1, 0.15) is 5.75 Å². The summed E-state index contributed by atoms with van der Waals surface area (Å²) < 4.78 is 12.1. The normalized spacial score (nSPS) is 11.0. The lowest BCUT2D eigenvalue weighted by molar-refractivity contribution is 0.101. The molecule has 0 aliphatic rings. The van der Waals surface area contributed by atoms with E-state index in [0.29, 0.717) is 46.9 Å². The van der Waals surface area contributed by atoms with Crippen molar-refractivity contribution in [2.75, 3.05) is 26.6 Å². The molecule has 0 fully saturated rings. The predicted molar refractivity (Wildman–Crippen MR) is 115 cm³/mol. The van der Waals surface area contributed by atoms with E-state index in [1.807, 2.05) is 37.3 Å². The Morgan fingerprint density at radius 1 is 1.17 bits per heavy atom. The summed E-state index contributed by atoms with van der Waals surface area (Å²) in [4.78, 5) is 30.4. The van der Waals surface area contributed by atoms with Crippen molar-refractivity contribution in [2.45, 2.75) is 25.0 Å². The molecule has 0 aliphatic heterocycles. The van der Waals surface area contributed by atoms with Crippen LogP contribution in [0.15, 0.2) is 52.4 Å². The third kappa shape index (κ3) is 4.86. The monoisotopic (exact) mass is 412 g/mol. The van der Waals surface area contributed by atoms with Gasteiger partial charge in [0.05, 0.1) is 29.3 Å². The van der Waals surface area contributed by atoms with Crippen LogP contribution in [0.4, 0.5) is 0 Å². The van der Waals surface area contributed by atoms with Crippen molar-refractivity contribution in [1.82, 2.24) is 9.55 Å². The number of carbonyl (C=O) groups is 1. The first kappa shape index (κ1) is 21.1. The highest BCUT2D eigenvalue weighted by Crippen LogP contribution is 2.24. The van der Waals surface area contributed by atoms with E-state index in [2.05, 4.69) is 4.98 Å². The first-order chi connectivity index (χ1) is 14.0. The summed E-state index contributed by atoms with van der Waals surface area (Å²) in [5.74, 6) is 0.640. The largest absolute Gasteiger partial charge is 0.496 e. The Labute approximate surface area is 173 Å². The predicted octanol–water partition coefficient (Wildman–Crippen LogP) is 3.73. The van der Waals surface area contributed by atoms with Crippen molar-refractivity contribution in [3.05, 3.63) is 63.9 Å². The standard InChI is InChI=1S/C22H24N2O4S/c1-15-9-10-20(28-3)17(13-15)19(25)14-29-22-23-18-8-5-4-7-16(18)21(26)24(22)11-6-12-27-2/h4-5,7-10,13H,6,11-12,14H2,1-3H3. The first-order valence-corrected chi connectivity index (χ1v) is 10.3. The van der Waals surface area contributed by atoms with Crippen molar-refractivity contribution in [2.24, 2.45) is 0 Å². The maximum atomic E-state index is 13.0. The van der Waals surface area contributed by atoms with E-state index in [4.69, 9.17) is 9.47 Å². The van der Waals surface area contributed by atoms with Gasteiger partial charge in [0.15, 0.2) is 10.9 Å². The fourth-order valence-corrected chi connectivity index (χ4v) is 3.98. The topological polar surface area (TPSA) is 70.4 Å². The minimum absolute atomic E-state index is 0.0681. The number of benzene rings is 2. The number of hydrogen-bond acceptors (Lipinski definition) is 6. The van der Waals surface area contributed by atoms with Crippen LogP contribution >= 0.6 is 11.8 Å². The molecule has 0 saturated carbocycles. The van der Waals surface area contributed by atoms with Crippen molar-refractivity contribution in [3.8, 4) is 5.75 Å². The van der Waals surface area contributed by atoms with Gasteiger partial charge in [-0.15, -0.1) is 0 Å². The second-order valence-corrected chi connectivity index (χ2v) is 7.57. The van der Waals surface area contributed by atoms with Crippen LogP contribution in [0, 0.1) is 6.92 Å². The summed E-state index contributed by atoms with van der Waals surface area (Å²) in [6, 6.07) is 12.8. The molecule has 3 aromatic rings. The van der Waals surface area contributed by atoms with E-state index in [0.717, 1.165) is 5.56 Å². The van der Waals surface area contributed by atoms with Gasteiger partial charge in [0.2, 0.25) is 0 Å². The van der Waals surface area contributed by atoms with Crippen molar-refractivity contribution < 1.29 is 14.3 Å². The lowest BCUT2D eigenvalue weighted by atomic mass is 10.1. The van der Waals surface area contributed by atoms with Gasteiger partial charge in [-0.25, -0.2) is 4.98 Å². The second kappa shape index (κ2) is 9.71. The fraction of sp³-hybridized carbons (Fsp3) is 0.318. The number of aryl methyl sites for hydroxylation is 1. The van der Waals surface area contributed by atoms with Crippen LogP contribution in [0.5, 0.6) is 5.75 Å². The number of rotatable bonds is 9. The molecule has 29 heavy (non-hydrogen) atoms. The molecule has 0 spiro atoms. The zero-order valence-corrected chi connectivity index (χ0v) is 17.6. The van der Waals surface area contributed by atoms with Crippen LogP contribution in [0.25, 0.3) is 10.9 Å². The Kier molecular flexibility index (Phi) is 7.06. The highest BCUT2D eigenvalue weighted by atomic mass is 32.2. The number of fused-ring (bicyclic) bond motifs is 1. The minimum Gasteiger partial charge on any atom is -0.496 e. The number of nitrogens with zero attached hydrogens (tertiary/aromatic N) is 2. The molecule has 1 heterocycles. The van der Waals surface area contributed by atoms with Crippen LogP contribution in [0.3, 0.4) is 0 Å². The van der Waals surface area contributed by atoms with Gasteiger partial charge in [-0.1, -0.05) is 35.5 Å². The molecule has 6 nitrogen and oxygen atoms in total. The third-order valence-electron chi connectivity index (χ3n) is 4.54. The molecular formula is C22H24N2O4S. The lowest BCUT2D eigenvalue weighted by Gasteiger charge is -2.13. The van der Waals surface area contributed by atoms with Crippen LogP contribution in [-0.4, -0.2) is 41.9 Å². The molecule has 3 rings (SSSR count). The number of hydrogen-bond donors (Lipinski definition) is 0. The number of thioether (sulfide) groups is 1. The van der Waals surface area contributed by atoms with E-state index in [-0.39, 0.29) is 17.1 Å². The Morgan fingerprint density at radius 3 is 2.72 bits per heavy atom. The number of aromatic nitrogens is 2. The minimum atomic E-state index is -0.102. The van der Waals surface area contributed by atoms with Gasteiger partial charge >= 0.3 is 0 Å². The zero-order chi connectivity index (χ0) is 20.8. The molecule has 0 N–H and O–H groups in total. The average molecular weight is 413 g/mol. The number of para-hydroxylation sites is 1. The summed E-state index contributed by atoms with van der Waals surface area (Å²) in [5.41, 5.74) is 2.05. The molecule has 0 aliphatic carbocycles. The van der Waals surface area contributed by atoms with Gasteiger partial charge in [-0.05, 0) is 37.6 Å². The van der Waals surface area contributed by atoms with Crippen molar-refractivity contribution in [3.63, 3.8) is 0 Å². The van der Waals surface area contributed by atoms with Gasteiger partial charge < -0.3 is 9.47 Å². The van der Waals surface area contributed by atoms with E-state index in [1.54, 1.807) is 30.9 Å². The lowest BCUT2D eigenvalue weighted by Crippen LogP contribution is -2.24. The summed E-state index contributed by atoms with van der Waals surface area (Å²) in [5, 5.41) is 1.10. The van der Waals surface area contributed by atoms with Crippen LogP contribution in [0.1, 0.15) is 22.3 Å². The van der Waals surface area contributed by atoms with Crippen molar-refractivity contribution in [1.29, 1.82) is 0 Å². The van der Waals surface area contributed by atoms with Crippen molar-refractivity contribution >= 4 is 28.4 Å². The third-order valence-corrected chi connectivity index (χ3v) is 5.52. The molecule has 0 saturated heterocycles. The zero-order valence-electron chi connectivity index (χ0n) is 16.8. The Balaban J connectivity index is 1.90. The summed E-state index contributed by atoms with van der Waals surface area (Å²) in [6.45, 7) is 2.96. The molecule has 0 unspecified atom stereocenters. The Bertz CT molecular complexity index is 1080. The molecule has 2 aromatic carbocycles. The van der Waals surface area contributed by atoms with Crippen LogP contribution in [-0.2, 0) is 11.3 Å². The molecule has 0 amide bonds. The van der Waals surface area contributed by atoms with Gasteiger partial charge in [-0.3, -0.25) is 14.2 Å². The number of methoxy groups -OCH3 is 2. The number of carbonyl (C=O) groups excluding carboxylic acids is 1. The van der Waals surface area contributed by atoms with E-state index in [1.165, 1.54) is 11.8 Å². The number of Topliss-reactive ketones (excluding diaryl/α,β-unsaturated/α-hetero) is 1. The second-order valence-electron chi connectivity index (χ2n) is 6.63. The molecule has 152 valence electrons. The molecule has 7 heteroatoms. The Hall–Kier alpha value is -2.64. The highest BCUT2D eigenvalue weighted by Gasteiger charge is 2.16. The molecule has 0 radical (unpaired) electrons. The number of ketones is 1. The summed E-state index contributed by atoms with van der Waals surface area (Å²) in [7, 11) is 3.18. The quantitative estimate of drug-likeness (QED) is 0.231. The number of ether oxygens (including phenoxy) is 2. The van der Waals surface area contributed by atoms with Gasteiger partial charge in [-0.2, -0.15) is 0 Å². The fourth-order valence-electron chi connectivity index (χ4n) is 3.07. The smallest absolute Gasteiger partial charge is 0.262 e. The highest BCUT2D eigenvalue weighted by molar-refractivity contribution is 7.99. The molecule has 0 bridgehead atoms. The van der Waals surface area contributed by atoms with Gasteiger partial charge in [0, 0.05) is 20.3 Å². The van der Waals surface area contributed by atoms with E-state index < -0.39 is 0 Å². The maximum absolute atomic E-state index is 13.0. The maximum Gasteiger partial charge on any atom is 0.262 e.